The van der Waals surface area contributed by atoms with Crippen LogP contribution in [0.3, 0.4) is 0 Å². The van der Waals surface area contributed by atoms with Crippen molar-refractivity contribution in [3.05, 3.63) is 52.8 Å². The Balaban J connectivity index is 1.76. The van der Waals surface area contributed by atoms with Crippen molar-refractivity contribution in [3.8, 4) is 0 Å². The molecule has 0 bridgehead atoms. The molecule has 1 atom stereocenters. The molecule has 1 aromatic carbocycles. The number of nitrogens with zero attached hydrogens (tertiary/aromatic N) is 2. The van der Waals surface area contributed by atoms with Gasteiger partial charge in [0.25, 0.3) is 0 Å². The Hall–Kier alpha value is -2.31. The topological polar surface area (TPSA) is 46.9 Å². The number of carbonyl (C=O) groups excluding carboxylic acids is 1. The van der Waals surface area contributed by atoms with Gasteiger partial charge >= 0.3 is 6.18 Å². The van der Waals surface area contributed by atoms with Gasteiger partial charge in [0.1, 0.15) is 6.54 Å². The Morgan fingerprint density at radius 1 is 1.24 bits per heavy atom. The largest absolute Gasteiger partial charge is 0.435 e. The Labute approximate surface area is 144 Å². The number of amides is 1. The fraction of sp³-hybridized carbons (Fsp3) is 0.444. The number of hydrogen-bond acceptors (Lipinski definition) is 2. The van der Waals surface area contributed by atoms with E-state index in [1.807, 2.05) is 37.3 Å². The summed E-state index contributed by atoms with van der Waals surface area (Å²) < 4.78 is 40.8. The molecule has 0 aliphatic heterocycles. The summed E-state index contributed by atoms with van der Waals surface area (Å²) in [4.78, 5) is 12.3. The lowest BCUT2D eigenvalue weighted by atomic mass is 9.95. The number of fused-ring (bicyclic) bond motifs is 1. The van der Waals surface area contributed by atoms with Gasteiger partial charge in [-0.05, 0) is 38.2 Å². The predicted molar refractivity (Wildman–Crippen MR) is 86.9 cm³/mol. The highest BCUT2D eigenvalue weighted by Crippen LogP contribution is 2.35. The Morgan fingerprint density at radius 3 is 2.60 bits per heavy atom. The number of alkyl halides is 3. The van der Waals surface area contributed by atoms with Gasteiger partial charge in [0.05, 0.1) is 6.04 Å². The predicted octanol–water partition coefficient (Wildman–Crippen LogP) is 3.66. The summed E-state index contributed by atoms with van der Waals surface area (Å²) in [6.45, 7) is 1.64. The zero-order valence-electron chi connectivity index (χ0n) is 13.9. The van der Waals surface area contributed by atoms with E-state index in [0.29, 0.717) is 18.5 Å². The molecular formula is C18H20F3N3O. The van der Waals surface area contributed by atoms with Crippen LogP contribution >= 0.6 is 0 Å². The van der Waals surface area contributed by atoms with Crippen molar-refractivity contribution in [2.75, 3.05) is 0 Å². The summed E-state index contributed by atoms with van der Waals surface area (Å²) in [5.74, 6) is -0.346. The lowest BCUT2D eigenvalue weighted by Gasteiger charge is -2.16. The number of rotatable bonds is 4. The van der Waals surface area contributed by atoms with Crippen molar-refractivity contribution >= 4 is 5.91 Å². The first kappa shape index (κ1) is 17.5. The minimum absolute atomic E-state index is 0.199. The molecule has 0 saturated heterocycles. The number of benzene rings is 1. The second kappa shape index (κ2) is 6.90. The molecule has 0 spiro atoms. The summed E-state index contributed by atoms with van der Waals surface area (Å²) in [5, 5.41) is 6.53. The normalized spacial score (nSPS) is 15.5. The van der Waals surface area contributed by atoms with Gasteiger partial charge in [-0.1, -0.05) is 30.3 Å². The fourth-order valence-electron chi connectivity index (χ4n) is 3.28. The third-order valence-corrected chi connectivity index (χ3v) is 4.50. The molecule has 1 aliphatic rings. The monoisotopic (exact) mass is 351 g/mol. The SMILES string of the molecule is C[C@@H](NC(=O)Cn1nc(C(F)(F)F)c2c1CCCC2)c1ccccc1. The molecule has 0 radical (unpaired) electrons. The molecule has 3 rings (SSSR count). The molecule has 1 N–H and O–H groups in total. The number of carbonyl (C=O) groups is 1. The fourth-order valence-corrected chi connectivity index (χ4v) is 3.28. The minimum Gasteiger partial charge on any atom is -0.348 e. The van der Waals surface area contributed by atoms with Gasteiger partial charge in [-0.15, -0.1) is 0 Å². The van der Waals surface area contributed by atoms with Crippen molar-refractivity contribution in [2.45, 2.75) is 51.4 Å². The minimum atomic E-state index is -4.49. The van der Waals surface area contributed by atoms with Gasteiger partial charge in [0, 0.05) is 11.3 Å². The molecule has 4 nitrogen and oxygen atoms in total. The van der Waals surface area contributed by atoms with Crippen LogP contribution in [0.4, 0.5) is 13.2 Å². The van der Waals surface area contributed by atoms with Crippen LogP contribution in [0.2, 0.25) is 0 Å². The molecule has 1 amide bonds. The molecule has 7 heteroatoms. The lowest BCUT2D eigenvalue weighted by Crippen LogP contribution is -2.31. The van der Waals surface area contributed by atoms with Gasteiger partial charge in [-0.3, -0.25) is 9.48 Å². The highest BCUT2D eigenvalue weighted by atomic mass is 19.4. The van der Waals surface area contributed by atoms with Crippen LogP contribution in [0.1, 0.15) is 48.3 Å². The molecule has 2 aromatic rings. The van der Waals surface area contributed by atoms with Crippen molar-refractivity contribution in [1.82, 2.24) is 15.1 Å². The summed E-state index contributed by atoms with van der Waals surface area (Å²) in [5.41, 5.74) is 0.893. The van der Waals surface area contributed by atoms with Gasteiger partial charge < -0.3 is 5.32 Å². The molecule has 1 aliphatic carbocycles. The molecule has 0 unspecified atom stereocenters. The first-order valence-corrected chi connectivity index (χ1v) is 8.36. The number of hydrogen-bond donors (Lipinski definition) is 1. The third-order valence-electron chi connectivity index (χ3n) is 4.50. The van der Waals surface area contributed by atoms with Gasteiger partial charge in [-0.2, -0.15) is 18.3 Å². The zero-order valence-corrected chi connectivity index (χ0v) is 13.9. The van der Waals surface area contributed by atoms with Crippen molar-refractivity contribution in [3.63, 3.8) is 0 Å². The van der Waals surface area contributed by atoms with E-state index < -0.39 is 11.9 Å². The van der Waals surface area contributed by atoms with Crippen LogP contribution in [-0.4, -0.2) is 15.7 Å². The Morgan fingerprint density at radius 2 is 1.92 bits per heavy atom. The molecule has 1 heterocycles. The maximum Gasteiger partial charge on any atom is 0.435 e. The quantitative estimate of drug-likeness (QED) is 0.914. The lowest BCUT2D eigenvalue weighted by molar-refractivity contribution is -0.142. The summed E-state index contributed by atoms with van der Waals surface area (Å²) >= 11 is 0. The smallest absolute Gasteiger partial charge is 0.348 e. The standard InChI is InChI=1S/C18H20F3N3O/c1-12(13-7-3-2-4-8-13)22-16(25)11-24-15-10-6-5-9-14(15)17(23-24)18(19,20)21/h2-4,7-8,12H,5-6,9-11H2,1H3,(H,22,25)/t12-/m1/s1. The van der Waals surface area contributed by atoms with Crippen molar-refractivity contribution < 1.29 is 18.0 Å². The van der Waals surface area contributed by atoms with Crippen LogP contribution in [0, 0.1) is 0 Å². The third kappa shape index (κ3) is 3.86. The molecule has 134 valence electrons. The second-order valence-electron chi connectivity index (χ2n) is 6.34. The highest BCUT2D eigenvalue weighted by Gasteiger charge is 2.39. The molecule has 1 aromatic heterocycles. The van der Waals surface area contributed by atoms with Gasteiger partial charge in [-0.25, -0.2) is 0 Å². The van der Waals surface area contributed by atoms with Crippen molar-refractivity contribution in [1.29, 1.82) is 0 Å². The maximum atomic E-state index is 13.2. The van der Waals surface area contributed by atoms with Crippen LogP contribution in [0.15, 0.2) is 30.3 Å². The van der Waals surface area contributed by atoms with E-state index in [1.54, 1.807) is 0 Å². The first-order valence-electron chi connectivity index (χ1n) is 8.36. The second-order valence-corrected chi connectivity index (χ2v) is 6.34. The van der Waals surface area contributed by atoms with E-state index >= 15 is 0 Å². The van der Waals surface area contributed by atoms with E-state index in [1.165, 1.54) is 4.68 Å². The van der Waals surface area contributed by atoms with Crippen molar-refractivity contribution in [2.24, 2.45) is 0 Å². The average Bonchev–Trinajstić information content (AvgIpc) is 2.94. The van der Waals surface area contributed by atoms with Gasteiger partial charge in [0.15, 0.2) is 5.69 Å². The maximum absolute atomic E-state index is 13.2. The number of halogens is 3. The van der Waals surface area contributed by atoms with E-state index in [9.17, 15) is 18.0 Å². The molecule has 0 fully saturated rings. The Kier molecular flexibility index (Phi) is 4.83. The molecular weight excluding hydrogens is 331 g/mol. The highest BCUT2D eigenvalue weighted by molar-refractivity contribution is 5.76. The van der Waals surface area contributed by atoms with Crippen LogP contribution in [-0.2, 0) is 30.4 Å². The summed E-state index contributed by atoms with van der Waals surface area (Å²) in [6.07, 6.45) is -2.05. The van der Waals surface area contributed by atoms with E-state index in [0.717, 1.165) is 18.4 Å². The first-order chi connectivity index (χ1) is 11.9. The molecule has 0 saturated carbocycles. The van der Waals surface area contributed by atoms with Crippen LogP contribution < -0.4 is 5.32 Å². The van der Waals surface area contributed by atoms with E-state index in [-0.39, 0.29) is 24.1 Å². The van der Waals surface area contributed by atoms with Crippen LogP contribution in [0.25, 0.3) is 0 Å². The summed E-state index contributed by atoms with van der Waals surface area (Å²) in [6, 6.07) is 9.19. The zero-order chi connectivity index (χ0) is 18.0. The summed E-state index contributed by atoms with van der Waals surface area (Å²) in [7, 11) is 0. The van der Waals surface area contributed by atoms with Gasteiger partial charge in [0.2, 0.25) is 5.91 Å². The van der Waals surface area contributed by atoms with E-state index in [4.69, 9.17) is 0 Å². The van der Waals surface area contributed by atoms with Crippen LogP contribution in [0.5, 0.6) is 0 Å². The molecule has 25 heavy (non-hydrogen) atoms. The Bertz CT molecular complexity index is 753. The number of nitrogens with one attached hydrogen (secondary N) is 1. The number of aromatic nitrogens is 2. The average molecular weight is 351 g/mol. The van der Waals surface area contributed by atoms with E-state index in [2.05, 4.69) is 10.4 Å².